The van der Waals surface area contributed by atoms with Crippen LogP contribution in [0.5, 0.6) is 0 Å². The van der Waals surface area contributed by atoms with Gasteiger partial charge in [-0.25, -0.2) is 0 Å². The van der Waals surface area contributed by atoms with E-state index < -0.39 is 5.41 Å². The number of nitrogens with one attached hydrogen (secondary N) is 1. The molecule has 0 aliphatic heterocycles. The third-order valence-electron chi connectivity index (χ3n) is 2.99. The first-order chi connectivity index (χ1) is 9.36. The molecule has 0 atom stereocenters. The van der Waals surface area contributed by atoms with Gasteiger partial charge in [0.1, 0.15) is 0 Å². The molecule has 0 radical (unpaired) electrons. The van der Waals surface area contributed by atoms with Crippen LogP contribution < -0.4 is 10.2 Å². The van der Waals surface area contributed by atoms with Gasteiger partial charge in [-0.3, -0.25) is 9.59 Å². The van der Waals surface area contributed by atoms with Crippen molar-refractivity contribution in [2.24, 2.45) is 5.41 Å². The SMILES string of the molecule is CCN(C(=O)CCNC(=O)C(C)(C)C)c1ccccc1. The minimum Gasteiger partial charge on any atom is -0.355 e. The van der Waals surface area contributed by atoms with E-state index >= 15 is 0 Å². The molecule has 1 aromatic rings. The summed E-state index contributed by atoms with van der Waals surface area (Å²) in [4.78, 5) is 25.6. The number of rotatable bonds is 5. The topological polar surface area (TPSA) is 49.4 Å². The second-order valence-corrected chi connectivity index (χ2v) is 5.73. The molecule has 4 nitrogen and oxygen atoms in total. The van der Waals surface area contributed by atoms with Gasteiger partial charge >= 0.3 is 0 Å². The monoisotopic (exact) mass is 276 g/mol. The third kappa shape index (κ3) is 4.68. The molecule has 110 valence electrons. The normalized spacial score (nSPS) is 11.0. The van der Waals surface area contributed by atoms with E-state index in [4.69, 9.17) is 0 Å². The van der Waals surface area contributed by atoms with Crippen LogP contribution in [0.1, 0.15) is 34.1 Å². The van der Waals surface area contributed by atoms with Crippen molar-refractivity contribution >= 4 is 17.5 Å². The third-order valence-corrected chi connectivity index (χ3v) is 2.99. The molecular formula is C16H24N2O2. The van der Waals surface area contributed by atoms with Gasteiger partial charge in [0.05, 0.1) is 0 Å². The fourth-order valence-corrected chi connectivity index (χ4v) is 1.79. The van der Waals surface area contributed by atoms with E-state index in [0.29, 0.717) is 19.5 Å². The largest absolute Gasteiger partial charge is 0.355 e. The van der Waals surface area contributed by atoms with Crippen molar-refractivity contribution in [2.75, 3.05) is 18.0 Å². The van der Waals surface area contributed by atoms with Gasteiger partial charge in [-0.15, -0.1) is 0 Å². The fourth-order valence-electron chi connectivity index (χ4n) is 1.79. The van der Waals surface area contributed by atoms with Crippen LogP contribution in [0.4, 0.5) is 5.69 Å². The number of para-hydroxylation sites is 1. The molecule has 1 aromatic carbocycles. The Kier molecular flexibility index (Phi) is 5.74. The molecule has 0 aliphatic carbocycles. The van der Waals surface area contributed by atoms with E-state index in [1.807, 2.05) is 58.0 Å². The lowest BCUT2D eigenvalue weighted by atomic mass is 9.96. The van der Waals surface area contributed by atoms with Crippen molar-refractivity contribution in [2.45, 2.75) is 34.1 Å². The number of nitrogens with zero attached hydrogens (tertiary/aromatic N) is 1. The predicted octanol–water partition coefficient (Wildman–Crippen LogP) is 2.59. The number of carbonyl (C=O) groups excluding carboxylic acids is 2. The Hall–Kier alpha value is -1.84. The van der Waals surface area contributed by atoms with Gasteiger partial charge in [-0.1, -0.05) is 39.0 Å². The summed E-state index contributed by atoms with van der Waals surface area (Å²) >= 11 is 0. The molecule has 0 heterocycles. The lowest BCUT2D eigenvalue weighted by Crippen LogP contribution is -2.38. The predicted molar refractivity (Wildman–Crippen MR) is 81.6 cm³/mol. The van der Waals surface area contributed by atoms with E-state index in [1.54, 1.807) is 4.90 Å². The molecule has 0 aromatic heterocycles. The highest BCUT2D eigenvalue weighted by atomic mass is 16.2. The van der Waals surface area contributed by atoms with Crippen LogP contribution in [0.3, 0.4) is 0 Å². The molecule has 0 aliphatic rings. The molecule has 0 fully saturated rings. The zero-order valence-corrected chi connectivity index (χ0v) is 12.8. The van der Waals surface area contributed by atoms with E-state index in [1.165, 1.54) is 0 Å². The highest BCUT2D eigenvalue weighted by Gasteiger charge is 2.21. The summed E-state index contributed by atoms with van der Waals surface area (Å²) in [6, 6.07) is 9.56. The number of hydrogen-bond donors (Lipinski definition) is 1. The fraction of sp³-hybridized carbons (Fsp3) is 0.500. The highest BCUT2D eigenvalue weighted by molar-refractivity contribution is 5.93. The van der Waals surface area contributed by atoms with Crippen LogP contribution in [0, 0.1) is 5.41 Å². The van der Waals surface area contributed by atoms with Crippen molar-refractivity contribution in [1.29, 1.82) is 0 Å². The maximum absolute atomic E-state index is 12.2. The van der Waals surface area contributed by atoms with Crippen LogP contribution >= 0.6 is 0 Å². The Bertz CT molecular complexity index is 449. The molecule has 1 N–H and O–H groups in total. The summed E-state index contributed by atoms with van der Waals surface area (Å²) in [6.07, 6.45) is 0.310. The first-order valence-electron chi connectivity index (χ1n) is 7.00. The summed E-state index contributed by atoms with van der Waals surface area (Å²) in [5.41, 5.74) is 0.467. The summed E-state index contributed by atoms with van der Waals surface area (Å²) in [6.45, 7) is 8.50. The van der Waals surface area contributed by atoms with Gasteiger partial charge in [0, 0.05) is 30.6 Å². The Morgan fingerprint density at radius 2 is 1.75 bits per heavy atom. The Balaban J connectivity index is 2.52. The van der Waals surface area contributed by atoms with Gasteiger partial charge in [0.25, 0.3) is 0 Å². The Morgan fingerprint density at radius 3 is 2.25 bits per heavy atom. The van der Waals surface area contributed by atoms with Crippen LogP contribution in [-0.2, 0) is 9.59 Å². The number of amides is 2. The van der Waals surface area contributed by atoms with Crippen molar-refractivity contribution in [3.63, 3.8) is 0 Å². The van der Waals surface area contributed by atoms with Crippen LogP contribution in [0.15, 0.2) is 30.3 Å². The first kappa shape index (κ1) is 16.2. The van der Waals surface area contributed by atoms with E-state index in [2.05, 4.69) is 5.32 Å². The van der Waals surface area contributed by atoms with Crippen molar-refractivity contribution in [3.8, 4) is 0 Å². The molecule has 4 heteroatoms. The van der Waals surface area contributed by atoms with Crippen molar-refractivity contribution < 1.29 is 9.59 Å². The second kappa shape index (κ2) is 7.08. The van der Waals surface area contributed by atoms with E-state index in [-0.39, 0.29) is 11.8 Å². The number of hydrogen-bond acceptors (Lipinski definition) is 2. The van der Waals surface area contributed by atoms with Gasteiger partial charge < -0.3 is 10.2 Å². The lowest BCUT2D eigenvalue weighted by molar-refractivity contribution is -0.128. The van der Waals surface area contributed by atoms with Crippen LogP contribution in [-0.4, -0.2) is 24.9 Å². The molecule has 0 spiro atoms. The summed E-state index contributed by atoms with van der Waals surface area (Å²) < 4.78 is 0. The average molecular weight is 276 g/mol. The van der Waals surface area contributed by atoms with E-state index in [9.17, 15) is 9.59 Å². The minimum atomic E-state index is -0.424. The zero-order valence-electron chi connectivity index (χ0n) is 12.8. The molecule has 0 saturated heterocycles. The van der Waals surface area contributed by atoms with Crippen molar-refractivity contribution in [1.82, 2.24) is 5.32 Å². The lowest BCUT2D eigenvalue weighted by Gasteiger charge is -2.22. The van der Waals surface area contributed by atoms with Crippen molar-refractivity contribution in [3.05, 3.63) is 30.3 Å². The Labute approximate surface area is 121 Å². The number of anilines is 1. The summed E-state index contributed by atoms with van der Waals surface area (Å²) in [7, 11) is 0. The number of benzene rings is 1. The smallest absolute Gasteiger partial charge is 0.228 e. The van der Waals surface area contributed by atoms with Gasteiger partial charge in [0.15, 0.2) is 0 Å². The average Bonchev–Trinajstić information content (AvgIpc) is 2.39. The molecule has 1 rings (SSSR count). The molecule has 0 saturated carbocycles. The molecular weight excluding hydrogens is 252 g/mol. The van der Waals surface area contributed by atoms with Gasteiger partial charge in [-0.2, -0.15) is 0 Å². The molecule has 2 amide bonds. The maximum Gasteiger partial charge on any atom is 0.228 e. The maximum atomic E-state index is 12.2. The first-order valence-corrected chi connectivity index (χ1v) is 7.00. The van der Waals surface area contributed by atoms with Gasteiger partial charge in [0.2, 0.25) is 11.8 Å². The summed E-state index contributed by atoms with van der Waals surface area (Å²) in [5, 5.41) is 2.80. The minimum absolute atomic E-state index is 0.0212. The van der Waals surface area contributed by atoms with Crippen LogP contribution in [0.25, 0.3) is 0 Å². The standard InChI is InChI=1S/C16H24N2O2/c1-5-18(13-9-7-6-8-10-13)14(19)11-12-17-15(20)16(2,3)4/h6-10H,5,11-12H2,1-4H3,(H,17,20). The molecule has 0 unspecified atom stereocenters. The van der Waals surface area contributed by atoms with E-state index in [0.717, 1.165) is 5.69 Å². The molecule has 20 heavy (non-hydrogen) atoms. The van der Waals surface area contributed by atoms with Crippen LogP contribution in [0.2, 0.25) is 0 Å². The zero-order chi connectivity index (χ0) is 15.2. The number of carbonyl (C=O) groups is 2. The second-order valence-electron chi connectivity index (χ2n) is 5.73. The Morgan fingerprint density at radius 1 is 1.15 bits per heavy atom. The highest BCUT2D eigenvalue weighted by Crippen LogP contribution is 2.14. The molecule has 0 bridgehead atoms. The summed E-state index contributed by atoms with van der Waals surface area (Å²) in [5.74, 6) is -0.0130. The quantitative estimate of drug-likeness (QED) is 0.898. The van der Waals surface area contributed by atoms with Gasteiger partial charge in [-0.05, 0) is 19.1 Å².